The number of unbranched alkanes of at least 4 members (excludes halogenated alkanes) is 5. The van der Waals surface area contributed by atoms with E-state index in [1.165, 1.54) is 31.7 Å². The van der Waals surface area contributed by atoms with E-state index in [0.29, 0.717) is 12.3 Å². The van der Waals surface area contributed by atoms with Crippen LogP contribution in [0.4, 0.5) is 5.69 Å². The molecular weight excluding hydrogens is 256 g/mol. The van der Waals surface area contributed by atoms with Crippen LogP contribution in [0.25, 0.3) is 0 Å². The second-order valence-corrected chi connectivity index (χ2v) is 4.60. The normalized spacial score (nSPS) is 10.8. The summed E-state index contributed by atoms with van der Waals surface area (Å²) in [6, 6.07) is 6.46. The zero-order valence-electron chi connectivity index (χ0n) is 11.9. The van der Waals surface area contributed by atoms with Gasteiger partial charge in [0, 0.05) is 5.28 Å². The molecule has 1 aromatic carbocycles. The molecule has 0 atom stereocenters. The van der Waals surface area contributed by atoms with E-state index in [4.69, 9.17) is 9.94 Å². The fraction of sp³-hybridized carbons (Fsp3) is 0.533. The van der Waals surface area contributed by atoms with Crippen LogP contribution < -0.4 is 0 Å². The van der Waals surface area contributed by atoms with E-state index in [1.807, 2.05) is 0 Å². The topological polar surface area (TPSA) is 71.2 Å². The highest BCUT2D eigenvalue weighted by atomic mass is 16.6. The van der Waals surface area contributed by atoms with Gasteiger partial charge in [-0.15, -0.1) is 5.11 Å². The third-order valence-corrected chi connectivity index (χ3v) is 2.93. The Hall–Kier alpha value is -1.91. The lowest BCUT2D eigenvalue weighted by atomic mass is 10.1. The summed E-state index contributed by atoms with van der Waals surface area (Å²) in [5.74, 6) is -1.02. The summed E-state index contributed by atoms with van der Waals surface area (Å²) in [6.07, 6.45) is 7.09. The predicted molar refractivity (Wildman–Crippen MR) is 77.2 cm³/mol. The maximum Gasteiger partial charge on any atom is 0.337 e. The molecule has 0 unspecified atom stereocenters. The molecule has 0 aromatic heterocycles. The van der Waals surface area contributed by atoms with Gasteiger partial charge in [-0.25, -0.2) is 4.79 Å². The maximum absolute atomic E-state index is 10.9. The van der Waals surface area contributed by atoms with Gasteiger partial charge in [-0.2, -0.15) is 0 Å². The summed E-state index contributed by atoms with van der Waals surface area (Å²) >= 11 is 0. The number of carboxylic acids is 1. The zero-order valence-corrected chi connectivity index (χ0v) is 11.9. The quantitative estimate of drug-likeness (QED) is 0.381. The fourth-order valence-corrected chi connectivity index (χ4v) is 1.80. The van der Waals surface area contributed by atoms with Gasteiger partial charge < -0.3 is 9.94 Å². The average molecular weight is 278 g/mol. The van der Waals surface area contributed by atoms with Crippen LogP contribution in [0, 0.1) is 0 Å². The second-order valence-electron chi connectivity index (χ2n) is 4.60. The van der Waals surface area contributed by atoms with Gasteiger partial charge in [-0.3, -0.25) is 0 Å². The molecule has 1 aromatic rings. The highest BCUT2D eigenvalue weighted by Crippen LogP contribution is 2.18. The number of carbonyl (C=O) groups is 1. The van der Waals surface area contributed by atoms with Crippen molar-refractivity contribution in [1.29, 1.82) is 0 Å². The summed E-state index contributed by atoms with van der Waals surface area (Å²) in [4.78, 5) is 16.0. The van der Waals surface area contributed by atoms with Crippen molar-refractivity contribution in [3.63, 3.8) is 0 Å². The first-order valence-corrected chi connectivity index (χ1v) is 7.11. The van der Waals surface area contributed by atoms with Crippen LogP contribution in [0.2, 0.25) is 0 Å². The number of rotatable bonds is 10. The van der Waals surface area contributed by atoms with Crippen molar-refractivity contribution in [3.8, 4) is 0 Å². The Bertz CT molecular complexity index is 433. The van der Waals surface area contributed by atoms with Crippen molar-refractivity contribution >= 4 is 11.7 Å². The van der Waals surface area contributed by atoms with Crippen LogP contribution in [-0.2, 0) is 4.84 Å². The van der Waals surface area contributed by atoms with Crippen molar-refractivity contribution in [2.45, 2.75) is 45.4 Å². The van der Waals surface area contributed by atoms with Crippen LogP contribution in [0.1, 0.15) is 55.8 Å². The van der Waals surface area contributed by atoms with E-state index in [-0.39, 0.29) is 5.56 Å². The number of benzene rings is 1. The largest absolute Gasteiger partial charge is 0.478 e. The molecule has 0 heterocycles. The Balaban J connectivity index is 2.23. The number of hydrogen-bond acceptors (Lipinski definition) is 4. The van der Waals surface area contributed by atoms with Gasteiger partial charge in [0.1, 0.15) is 12.3 Å². The molecule has 0 spiro atoms. The van der Waals surface area contributed by atoms with Gasteiger partial charge in [0.25, 0.3) is 0 Å². The minimum atomic E-state index is -1.02. The lowest BCUT2D eigenvalue weighted by Crippen LogP contribution is -1.95. The number of nitrogens with zero attached hydrogens (tertiary/aromatic N) is 2. The summed E-state index contributed by atoms with van der Waals surface area (Å²) in [6.45, 7) is 2.71. The van der Waals surface area contributed by atoms with Crippen LogP contribution >= 0.6 is 0 Å². The SMILES string of the molecule is CCCCCCCCON=Nc1ccccc1C(=O)O. The first kappa shape index (κ1) is 16.1. The Morgan fingerprint density at radius 1 is 1.15 bits per heavy atom. The molecule has 0 saturated carbocycles. The third-order valence-electron chi connectivity index (χ3n) is 2.93. The van der Waals surface area contributed by atoms with Gasteiger partial charge >= 0.3 is 5.97 Å². The lowest BCUT2D eigenvalue weighted by molar-refractivity contribution is 0.0697. The molecule has 5 heteroatoms. The molecule has 0 fully saturated rings. The molecule has 0 amide bonds. The van der Waals surface area contributed by atoms with Gasteiger partial charge in [-0.1, -0.05) is 44.7 Å². The van der Waals surface area contributed by atoms with Gasteiger partial charge in [-0.05, 0) is 25.0 Å². The van der Waals surface area contributed by atoms with Gasteiger partial charge in [0.15, 0.2) is 0 Å². The first-order chi connectivity index (χ1) is 9.75. The number of carboxylic acid groups (broad SMARTS) is 1. The molecule has 0 aliphatic carbocycles. The molecule has 110 valence electrons. The second kappa shape index (κ2) is 9.95. The van der Waals surface area contributed by atoms with Gasteiger partial charge in [0.05, 0.1) is 5.56 Å². The van der Waals surface area contributed by atoms with Crippen LogP contribution in [-0.4, -0.2) is 17.7 Å². The predicted octanol–water partition coefficient (Wildman–Crippen LogP) is 4.76. The van der Waals surface area contributed by atoms with E-state index in [0.717, 1.165) is 12.8 Å². The summed E-state index contributed by atoms with van der Waals surface area (Å²) in [5, 5.41) is 16.3. The molecule has 20 heavy (non-hydrogen) atoms. The van der Waals surface area contributed by atoms with Crippen molar-refractivity contribution in [3.05, 3.63) is 29.8 Å². The Kier molecular flexibility index (Phi) is 8.03. The molecule has 1 N–H and O–H groups in total. The van der Waals surface area contributed by atoms with Crippen LogP contribution in [0.3, 0.4) is 0 Å². The summed E-state index contributed by atoms with van der Waals surface area (Å²) in [7, 11) is 0. The third kappa shape index (κ3) is 6.31. The summed E-state index contributed by atoms with van der Waals surface area (Å²) in [5.41, 5.74) is 0.433. The number of hydrogen-bond donors (Lipinski definition) is 1. The summed E-state index contributed by atoms with van der Waals surface area (Å²) < 4.78 is 0. The lowest BCUT2D eigenvalue weighted by Gasteiger charge is -2.00. The average Bonchev–Trinajstić information content (AvgIpc) is 2.46. The Labute approximate surface area is 119 Å². The van der Waals surface area contributed by atoms with E-state index in [1.54, 1.807) is 18.2 Å². The Morgan fingerprint density at radius 2 is 1.85 bits per heavy atom. The standard InChI is InChI=1S/C15H22N2O3/c1-2-3-4-5-6-9-12-20-17-16-14-11-8-7-10-13(14)15(18)19/h7-8,10-11H,2-6,9,12H2,1H3,(H,18,19). The molecule has 0 bridgehead atoms. The minimum absolute atomic E-state index is 0.124. The monoisotopic (exact) mass is 278 g/mol. The number of aromatic carboxylic acids is 1. The van der Waals surface area contributed by atoms with Crippen LogP contribution in [0.5, 0.6) is 0 Å². The van der Waals surface area contributed by atoms with E-state index >= 15 is 0 Å². The molecular formula is C15H22N2O3. The van der Waals surface area contributed by atoms with Crippen molar-refractivity contribution in [2.24, 2.45) is 10.4 Å². The van der Waals surface area contributed by atoms with Crippen molar-refractivity contribution in [2.75, 3.05) is 6.61 Å². The van der Waals surface area contributed by atoms with Crippen LogP contribution in [0.15, 0.2) is 34.7 Å². The minimum Gasteiger partial charge on any atom is -0.478 e. The maximum atomic E-state index is 10.9. The highest BCUT2D eigenvalue weighted by molar-refractivity contribution is 5.93. The molecule has 5 nitrogen and oxygen atoms in total. The highest BCUT2D eigenvalue weighted by Gasteiger charge is 2.07. The van der Waals surface area contributed by atoms with E-state index < -0.39 is 5.97 Å². The molecule has 0 saturated heterocycles. The molecule has 0 radical (unpaired) electrons. The van der Waals surface area contributed by atoms with Gasteiger partial charge in [0.2, 0.25) is 0 Å². The molecule has 0 aliphatic rings. The molecule has 0 aliphatic heterocycles. The Morgan fingerprint density at radius 3 is 2.60 bits per heavy atom. The smallest absolute Gasteiger partial charge is 0.337 e. The van der Waals surface area contributed by atoms with Crippen molar-refractivity contribution < 1.29 is 14.7 Å². The first-order valence-electron chi connectivity index (χ1n) is 7.11. The van der Waals surface area contributed by atoms with E-state index in [9.17, 15) is 4.79 Å². The van der Waals surface area contributed by atoms with Crippen molar-refractivity contribution in [1.82, 2.24) is 0 Å². The zero-order chi connectivity index (χ0) is 14.6. The fourth-order valence-electron chi connectivity index (χ4n) is 1.80. The van der Waals surface area contributed by atoms with E-state index in [2.05, 4.69) is 17.3 Å². The molecule has 1 rings (SSSR count).